The Morgan fingerprint density at radius 2 is 1.93 bits per heavy atom. The Bertz CT molecular complexity index is 676. The number of nitrogens with one attached hydrogen (secondary N) is 1. The lowest BCUT2D eigenvalue weighted by molar-refractivity contribution is -0.133. The maximum atomic E-state index is 12.5. The molecule has 3 amide bonds. The quantitative estimate of drug-likeness (QED) is 0.730. The minimum absolute atomic E-state index is 0.00229. The topological polar surface area (TPSA) is 87.9 Å². The average molecular weight is 403 g/mol. The van der Waals surface area contributed by atoms with Crippen molar-refractivity contribution < 1.29 is 14.3 Å². The van der Waals surface area contributed by atoms with Crippen LogP contribution in [0.25, 0.3) is 0 Å². The van der Waals surface area contributed by atoms with Crippen LogP contribution >= 0.6 is 0 Å². The summed E-state index contributed by atoms with van der Waals surface area (Å²) in [4.78, 5) is 29.0. The molecule has 1 aromatic rings. The van der Waals surface area contributed by atoms with Crippen LogP contribution in [0.5, 0.6) is 0 Å². The van der Waals surface area contributed by atoms with Crippen molar-refractivity contribution in [3.63, 3.8) is 0 Å². The zero-order valence-electron chi connectivity index (χ0n) is 17.4. The number of methoxy groups -OCH3 is 1. The number of nitrogens with two attached hydrogens (primary N) is 1. The molecule has 7 heteroatoms. The van der Waals surface area contributed by atoms with Crippen LogP contribution in [0.4, 0.5) is 4.79 Å². The van der Waals surface area contributed by atoms with Crippen LogP contribution < -0.4 is 11.1 Å². The third-order valence-electron chi connectivity index (χ3n) is 6.47. The fourth-order valence-corrected chi connectivity index (χ4v) is 4.62. The number of hydrogen-bond acceptors (Lipinski definition) is 4. The van der Waals surface area contributed by atoms with Crippen LogP contribution in [-0.2, 0) is 16.1 Å². The number of primary amides is 1. The highest BCUT2D eigenvalue weighted by atomic mass is 16.5. The molecule has 0 saturated carbocycles. The summed E-state index contributed by atoms with van der Waals surface area (Å²) in [5, 5.41) is 3.01. The van der Waals surface area contributed by atoms with Crippen LogP contribution in [0.1, 0.15) is 37.7 Å². The number of carbonyl (C=O) groups excluding carboxylic acids is 2. The first kappa shape index (κ1) is 21.6. The number of carbonyl (C=O) groups is 2. The molecule has 0 spiro atoms. The van der Waals surface area contributed by atoms with E-state index in [1.807, 2.05) is 35.2 Å². The van der Waals surface area contributed by atoms with Crippen molar-refractivity contribution in [3.8, 4) is 0 Å². The van der Waals surface area contributed by atoms with Gasteiger partial charge in [-0.3, -0.25) is 9.69 Å². The van der Waals surface area contributed by atoms with E-state index >= 15 is 0 Å². The Labute approximate surface area is 173 Å². The summed E-state index contributed by atoms with van der Waals surface area (Å²) >= 11 is 0. The average Bonchev–Trinajstić information content (AvgIpc) is 2.77. The Balaban J connectivity index is 1.49. The van der Waals surface area contributed by atoms with Crippen molar-refractivity contribution in [1.29, 1.82) is 0 Å². The van der Waals surface area contributed by atoms with Gasteiger partial charge in [0.25, 0.3) is 0 Å². The van der Waals surface area contributed by atoms with Gasteiger partial charge in [0.1, 0.15) is 0 Å². The SMILES string of the molecule is COCCC1(C(N)=O)CCCN(C2CCN(C(=O)NCc3ccccc3)CC2)C1. The van der Waals surface area contributed by atoms with Gasteiger partial charge < -0.3 is 20.7 Å². The summed E-state index contributed by atoms with van der Waals surface area (Å²) in [6, 6.07) is 10.3. The highest BCUT2D eigenvalue weighted by molar-refractivity contribution is 5.81. The molecule has 2 saturated heterocycles. The van der Waals surface area contributed by atoms with Crippen molar-refractivity contribution in [2.75, 3.05) is 39.9 Å². The molecule has 2 aliphatic rings. The molecule has 29 heavy (non-hydrogen) atoms. The summed E-state index contributed by atoms with van der Waals surface area (Å²) in [6.07, 6.45) is 4.35. The second-order valence-electron chi connectivity index (χ2n) is 8.32. The standard InChI is InChI=1S/C22H34N4O3/c1-29-15-11-22(20(23)27)10-5-12-26(17-22)19-8-13-25(14-9-19)21(28)24-16-18-6-3-2-4-7-18/h2-4,6-7,19H,5,8-17H2,1H3,(H2,23,27)(H,24,28). The summed E-state index contributed by atoms with van der Waals surface area (Å²) in [7, 11) is 1.66. The van der Waals surface area contributed by atoms with Gasteiger partial charge in [0.05, 0.1) is 5.41 Å². The third kappa shape index (κ3) is 5.48. The number of urea groups is 1. The first-order chi connectivity index (χ1) is 14.0. The smallest absolute Gasteiger partial charge is 0.317 e. The fourth-order valence-electron chi connectivity index (χ4n) is 4.62. The van der Waals surface area contributed by atoms with E-state index in [0.29, 0.717) is 32.2 Å². The lowest BCUT2D eigenvalue weighted by Crippen LogP contribution is -2.56. The molecule has 7 nitrogen and oxygen atoms in total. The number of rotatable bonds is 7. The predicted molar refractivity (Wildman–Crippen MR) is 112 cm³/mol. The third-order valence-corrected chi connectivity index (χ3v) is 6.47. The zero-order chi connectivity index (χ0) is 20.7. The Kier molecular flexibility index (Phi) is 7.50. The number of ether oxygens (including phenoxy) is 1. The molecule has 0 radical (unpaired) electrons. The second-order valence-corrected chi connectivity index (χ2v) is 8.32. The largest absolute Gasteiger partial charge is 0.385 e. The second kappa shape index (κ2) is 10.1. The van der Waals surface area contributed by atoms with Gasteiger partial charge in [-0.25, -0.2) is 4.79 Å². The number of nitrogens with zero attached hydrogens (tertiary/aromatic N) is 2. The molecule has 0 bridgehead atoms. The van der Waals surface area contributed by atoms with E-state index in [9.17, 15) is 9.59 Å². The Morgan fingerprint density at radius 3 is 2.59 bits per heavy atom. The van der Waals surface area contributed by atoms with Crippen molar-refractivity contribution in [2.24, 2.45) is 11.1 Å². The first-order valence-electron chi connectivity index (χ1n) is 10.6. The number of hydrogen-bond donors (Lipinski definition) is 2. The lowest BCUT2D eigenvalue weighted by Gasteiger charge is -2.46. The minimum atomic E-state index is -0.488. The molecule has 0 aromatic heterocycles. The molecule has 3 rings (SSSR count). The maximum Gasteiger partial charge on any atom is 0.317 e. The molecule has 2 heterocycles. The molecule has 1 unspecified atom stereocenters. The summed E-state index contributed by atoms with van der Waals surface area (Å²) < 4.78 is 5.22. The summed E-state index contributed by atoms with van der Waals surface area (Å²) in [5.74, 6) is -0.211. The summed E-state index contributed by atoms with van der Waals surface area (Å²) in [5.41, 5.74) is 6.41. The van der Waals surface area contributed by atoms with E-state index in [-0.39, 0.29) is 11.9 Å². The van der Waals surface area contributed by atoms with Crippen LogP contribution in [0.15, 0.2) is 30.3 Å². The van der Waals surface area contributed by atoms with Crippen LogP contribution in [-0.4, -0.2) is 67.7 Å². The first-order valence-corrected chi connectivity index (χ1v) is 10.6. The van der Waals surface area contributed by atoms with Crippen LogP contribution in [0.3, 0.4) is 0 Å². The van der Waals surface area contributed by atoms with Crippen LogP contribution in [0.2, 0.25) is 0 Å². The van der Waals surface area contributed by atoms with Gasteiger partial charge in [-0.15, -0.1) is 0 Å². The van der Waals surface area contributed by atoms with Gasteiger partial charge in [0.2, 0.25) is 5.91 Å². The van der Waals surface area contributed by atoms with Crippen LogP contribution in [0, 0.1) is 5.41 Å². The fraction of sp³-hybridized carbons (Fsp3) is 0.636. The number of benzene rings is 1. The van der Waals surface area contributed by atoms with Crippen molar-refractivity contribution in [1.82, 2.24) is 15.1 Å². The Morgan fingerprint density at radius 1 is 1.21 bits per heavy atom. The summed E-state index contributed by atoms with van der Waals surface area (Å²) in [6.45, 7) is 4.28. The van der Waals surface area contributed by atoms with Gasteiger partial charge in [-0.1, -0.05) is 30.3 Å². The van der Waals surface area contributed by atoms with Gasteiger partial charge in [0, 0.05) is 45.9 Å². The van der Waals surface area contributed by atoms with Gasteiger partial charge in [-0.05, 0) is 44.2 Å². The number of piperidine rings is 2. The minimum Gasteiger partial charge on any atom is -0.385 e. The van der Waals surface area contributed by atoms with Crippen molar-refractivity contribution in [2.45, 2.75) is 44.7 Å². The van der Waals surface area contributed by atoms with Gasteiger partial charge in [-0.2, -0.15) is 0 Å². The molecule has 2 aliphatic heterocycles. The zero-order valence-corrected chi connectivity index (χ0v) is 17.4. The molecular weight excluding hydrogens is 368 g/mol. The van der Waals surface area contributed by atoms with Crippen molar-refractivity contribution in [3.05, 3.63) is 35.9 Å². The number of likely N-dealkylation sites (tertiary alicyclic amines) is 2. The monoisotopic (exact) mass is 402 g/mol. The van der Waals surface area contributed by atoms with E-state index in [1.165, 1.54) is 0 Å². The highest BCUT2D eigenvalue weighted by Crippen LogP contribution is 2.35. The molecule has 0 aliphatic carbocycles. The Hall–Kier alpha value is -2.12. The van der Waals surface area contributed by atoms with E-state index in [0.717, 1.165) is 50.9 Å². The molecule has 2 fully saturated rings. The van der Waals surface area contributed by atoms with E-state index in [4.69, 9.17) is 10.5 Å². The molecule has 1 atom stereocenters. The molecular formula is C22H34N4O3. The highest BCUT2D eigenvalue weighted by Gasteiger charge is 2.42. The maximum absolute atomic E-state index is 12.5. The van der Waals surface area contributed by atoms with E-state index in [1.54, 1.807) is 7.11 Å². The predicted octanol–water partition coefficient (Wildman–Crippen LogP) is 1.96. The normalized spacial score (nSPS) is 23.7. The molecule has 1 aromatic carbocycles. The molecule has 160 valence electrons. The van der Waals surface area contributed by atoms with Crippen molar-refractivity contribution >= 4 is 11.9 Å². The number of amides is 3. The lowest BCUT2D eigenvalue weighted by atomic mass is 9.76. The molecule has 3 N–H and O–H groups in total. The van der Waals surface area contributed by atoms with E-state index in [2.05, 4.69) is 10.2 Å². The van der Waals surface area contributed by atoms with Gasteiger partial charge in [0.15, 0.2) is 0 Å². The van der Waals surface area contributed by atoms with E-state index < -0.39 is 5.41 Å². The van der Waals surface area contributed by atoms with Gasteiger partial charge >= 0.3 is 6.03 Å².